The zero-order valence-corrected chi connectivity index (χ0v) is 12.0. The van der Waals surface area contributed by atoms with Crippen LogP contribution in [0.1, 0.15) is 29.6 Å². The first-order valence-electron chi connectivity index (χ1n) is 6.35. The van der Waals surface area contributed by atoms with Crippen LogP contribution in [0.15, 0.2) is 24.3 Å². The number of hydrogen-bond acceptors (Lipinski definition) is 4. The zero-order valence-electron chi connectivity index (χ0n) is 11.2. The first-order chi connectivity index (χ1) is 9.34. The monoisotopic (exact) mass is 298 g/mol. The molecular weight excluding hydrogens is 280 g/mol. The molecule has 0 bridgehead atoms. The normalized spacial score (nSPS) is 17.1. The summed E-state index contributed by atoms with van der Waals surface area (Å²) in [6.45, 7) is -0.0630. The van der Waals surface area contributed by atoms with Crippen LogP contribution in [0.5, 0.6) is 0 Å². The van der Waals surface area contributed by atoms with Gasteiger partial charge in [-0.05, 0) is 43.5 Å². The highest BCUT2D eigenvalue weighted by Gasteiger charge is 2.37. The van der Waals surface area contributed by atoms with E-state index in [1.165, 1.54) is 12.1 Å². The third kappa shape index (κ3) is 3.49. The van der Waals surface area contributed by atoms with Crippen LogP contribution in [0.4, 0.5) is 5.69 Å². The Balaban J connectivity index is 2.04. The Kier molecular flexibility index (Phi) is 4.01. The highest BCUT2D eigenvalue weighted by atomic mass is 32.2. The van der Waals surface area contributed by atoms with E-state index in [1.54, 1.807) is 12.1 Å². The first kappa shape index (κ1) is 14.8. The summed E-state index contributed by atoms with van der Waals surface area (Å²) in [7, 11) is -3.32. The standard InChI is InChI=1S/C13H18N2O4S/c1-20(18,19)15-11-5-3-10(4-6-11)12(17)14-13(9-16)7-2-8-13/h3-6,15-16H,2,7-9H2,1H3,(H,14,17). The molecule has 1 saturated carbocycles. The van der Waals surface area contributed by atoms with Gasteiger partial charge in [0.05, 0.1) is 18.4 Å². The summed E-state index contributed by atoms with van der Waals surface area (Å²) in [4.78, 5) is 12.0. The van der Waals surface area contributed by atoms with Gasteiger partial charge in [-0.15, -0.1) is 0 Å². The van der Waals surface area contributed by atoms with Crippen molar-refractivity contribution in [2.45, 2.75) is 24.8 Å². The van der Waals surface area contributed by atoms with Crippen molar-refractivity contribution in [1.29, 1.82) is 0 Å². The van der Waals surface area contributed by atoms with Gasteiger partial charge >= 0.3 is 0 Å². The molecule has 1 aromatic rings. The van der Waals surface area contributed by atoms with Gasteiger partial charge in [0.2, 0.25) is 10.0 Å². The molecule has 6 nitrogen and oxygen atoms in total. The van der Waals surface area contributed by atoms with E-state index in [1.807, 2.05) is 0 Å². The molecule has 1 fully saturated rings. The topological polar surface area (TPSA) is 95.5 Å². The summed E-state index contributed by atoms with van der Waals surface area (Å²) >= 11 is 0. The minimum atomic E-state index is -3.32. The molecule has 1 aliphatic carbocycles. The molecule has 0 saturated heterocycles. The summed E-state index contributed by atoms with van der Waals surface area (Å²) < 4.78 is 24.5. The Labute approximate surface area is 118 Å². The lowest BCUT2D eigenvalue weighted by Crippen LogP contribution is -2.56. The number of sulfonamides is 1. The second-order valence-corrected chi connectivity index (χ2v) is 6.95. The summed E-state index contributed by atoms with van der Waals surface area (Å²) in [5.41, 5.74) is 0.356. The largest absolute Gasteiger partial charge is 0.394 e. The fourth-order valence-electron chi connectivity index (χ4n) is 2.14. The van der Waals surface area contributed by atoms with Crippen LogP contribution >= 0.6 is 0 Å². The average molecular weight is 298 g/mol. The van der Waals surface area contributed by atoms with E-state index in [4.69, 9.17) is 0 Å². The molecule has 0 aliphatic heterocycles. The molecule has 20 heavy (non-hydrogen) atoms. The molecule has 0 atom stereocenters. The van der Waals surface area contributed by atoms with E-state index in [0.717, 1.165) is 25.5 Å². The molecule has 0 heterocycles. The fraction of sp³-hybridized carbons (Fsp3) is 0.462. The number of hydrogen-bond donors (Lipinski definition) is 3. The predicted molar refractivity (Wildman–Crippen MR) is 76.0 cm³/mol. The van der Waals surface area contributed by atoms with Gasteiger partial charge in [-0.25, -0.2) is 8.42 Å². The van der Waals surface area contributed by atoms with Crippen LogP contribution in [0, 0.1) is 0 Å². The van der Waals surface area contributed by atoms with E-state index in [9.17, 15) is 18.3 Å². The minimum absolute atomic E-state index is 0.0630. The number of benzene rings is 1. The van der Waals surface area contributed by atoms with E-state index >= 15 is 0 Å². The zero-order chi connectivity index (χ0) is 14.8. The summed E-state index contributed by atoms with van der Waals surface area (Å²) in [6, 6.07) is 6.16. The quantitative estimate of drug-likeness (QED) is 0.746. The third-order valence-corrected chi connectivity index (χ3v) is 4.05. The first-order valence-corrected chi connectivity index (χ1v) is 8.24. The van der Waals surface area contributed by atoms with Gasteiger partial charge in [0, 0.05) is 11.3 Å². The Morgan fingerprint density at radius 1 is 1.30 bits per heavy atom. The number of rotatable bonds is 5. The van der Waals surface area contributed by atoms with Crippen molar-refractivity contribution in [1.82, 2.24) is 5.32 Å². The van der Waals surface area contributed by atoms with Crippen molar-refractivity contribution in [2.75, 3.05) is 17.6 Å². The number of anilines is 1. The van der Waals surface area contributed by atoms with Crippen LogP contribution in [0.3, 0.4) is 0 Å². The third-order valence-electron chi connectivity index (χ3n) is 3.44. The second kappa shape index (κ2) is 5.41. The van der Waals surface area contributed by atoms with Crippen LogP contribution < -0.4 is 10.0 Å². The number of carbonyl (C=O) groups excluding carboxylic acids is 1. The lowest BCUT2D eigenvalue weighted by molar-refractivity contribution is 0.0641. The van der Waals surface area contributed by atoms with E-state index in [0.29, 0.717) is 11.3 Å². The maximum Gasteiger partial charge on any atom is 0.251 e. The molecule has 110 valence electrons. The number of aliphatic hydroxyl groups is 1. The van der Waals surface area contributed by atoms with Gasteiger partial charge in [-0.3, -0.25) is 9.52 Å². The van der Waals surface area contributed by atoms with Crippen LogP contribution in [-0.4, -0.2) is 37.8 Å². The number of nitrogens with one attached hydrogen (secondary N) is 2. The van der Waals surface area contributed by atoms with Crippen molar-refractivity contribution < 1.29 is 18.3 Å². The summed E-state index contributed by atoms with van der Waals surface area (Å²) in [6.07, 6.45) is 3.62. The molecule has 0 spiro atoms. The Morgan fingerprint density at radius 2 is 1.90 bits per heavy atom. The van der Waals surface area contributed by atoms with Gasteiger partial charge in [-0.1, -0.05) is 0 Å². The van der Waals surface area contributed by atoms with E-state index < -0.39 is 15.6 Å². The van der Waals surface area contributed by atoms with Crippen LogP contribution in [0.2, 0.25) is 0 Å². The van der Waals surface area contributed by atoms with Crippen molar-refractivity contribution in [3.8, 4) is 0 Å². The van der Waals surface area contributed by atoms with Gasteiger partial charge in [0.25, 0.3) is 5.91 Å². The highest BCUT2D eigenvalue weighted by Crippen LogP contribution is 2.31. The molecule has 1 aromatic carbocycles. The number of aliphatic hydroxyl groups excluding tert-OH is 1. The molecular formula is C13H18N2O4S. The lowest BCUT2D eigenvalue weighted by Gasteiger charge is -2.40. The van der Waals surface area contributed by atoms with Crippen molar-refractivity contribution >= 4 is 21.6 Å². The molecule has 3 N–H and O–H groups in total. The number of amides is 1. The Hall–Kier alpha value is -1.60. The van der Waals surface area contributed by atoms with Crippen LogP contribution in [-0.2, 0) is 10.0 Å². The molecule has 2 rings (SSSR count). The summed E-state index contributed by atoms with van der Waals surface area (Å²) in [5, 5.41) is 12.1. The second-order valence-electron chi connectivity index (χ2n) is 5.20. The molecule has 0 unspecified atom stereocenters. The van der Waals surface area contributed by atoms with Gasteiger partial charge in [-0.2, -0.15) is 0 Å². The fourth-order valence-corrected chi connectivity index (χ4v) is 2.71. The Bertz CT molecular complexity index is 586. The smallest absolute Gasteiger partial charge is 0.251 e. The highest BCUT2D eigenvalue weighted by molar-refractivity contribution is 7.92. The maximum absolute atomic E-state index is 12.0. The van der Waals surface area contributed by atoms with Gasteiger partial charge in [0.15, 0.2) is 0 Å². The van der Waals surface area contributed by atoms with Crippen LogP contribution in [0.25, 0.3) is 0 Å². The molecule has 1 aliphatic rings. The minimum Gasteiger partial charge on any atom is -0.394 e. The molecule has 7 heteroatoms. The van der Waals surface area contributed by atoms with Crippen molar-refractivity contribution in [3.05, 3.63) is 29.8 Å². The molecule has 1 amide bonds. The van der Waals surface area contributed by atoms with Crippen molar-refractivity contribution in [3.63, 3.8) is 0 Å². The maximum atomic E-state index is 12.0. The lowest BCUT2D eigenvalue weighted by atomic mass is 9.77. The van der Waals surface area contributed by atoms with Crippen molar-refractivity contribution in [2.24, 2.45) is 0 Å². The number of carbonyl (C=O) groups is 1. The average Bonchev–Trinajstić information content (AvgIpc) is 2.32. The van der Waals surface area contributed by atoms with Gasteiger partial charge in [0.1, 0.15) is 0 Å². The van der Waals surface area contributed by atoms with E-state index in [2.05, 4.69) is 10.0 Å². The summed E-state index contributed by atoms with van der Waals surface area (Å²) in [5.74, 6) is -0.260. The SMILES string of the molecule is CS(=O)(=O)Nc1ccc(C(=O)NC2(CO)CCC2)cc1. The molecule has 0 aromatic heterocycles. The van der Waals surface area contributed by atoms with Gasteiger partial charge < -0.3 is 10.4 Å². The van der Waals surface area contributed by atoms with E-state index in [-0.39, 0.29) is 12.5 Å². The molecule has 0 radical (unpaired) electrons. The Morgan fingerprint density at radius 3 is 2.30 bits per heavy atom. The predicted octanol–water partition coefficient (Wildman–Crippen LogP) is 0.703.